The van der Waals surface area contributed by atoms with Crippen LogP contribution in [0, 0.1) is 11.8 Å². The fourth-order valence-corrected chi connectivity index (χ4v) is 1.82. The highest BCUT2D eigenvalue weighted by molar-refractivity contribution is 6.19. The highest BCUT2D eigenvalue weighted by atomic mass is 35.5. The van der Waals surface area contributed by atoms with E-state index in [1.54, 1.807) is 0 Å². The molecule has 2 rings (SSSR count). The van der Waals surface area contributed by atoms with Crippen LogP contribution in [0.15, 0.2) is 0 Å². The Kier molecular flexibility index (Phi) is 1.83. The maximum absolute atomic E-state index is 11.5. The fourth-order valence-electron chi connectivity index (χ4n) is 1.48. The summed E-state index contributed by atoms with van der Waals surface area (Å²) in [6.45, 7) is 2.12. The predicted octanol–water partition coefficient (Wildman–Crippen LogP) is 1.53. The Balaban J connectivity index is 1.83. The van der Waals surface area contributed by atoms with E-state index in [2.05, 4.69) is 12.2 Å². The Morgan fingerprint density at radius 1 is 1.67 bits per heavy atom. The van der Waals surface area contributed by atoms with Crippen LogP contribution in [-0.4, -0.2) is 17.3 Å². The molecule has 2 saturated carbocycles. The van der Waals surface area contributed by atoms with Gasteiger partial charge >= 0.3 is 0 Å². The molecular weight excluding hydrogens is 174 g/mol. The Hall–Kier alpha value is -0.240. The minimum Gasteiger partial charge on any atom is -0.349 e. The van der Waals surface area contributed by atoms with Crippen molar-refractivity contribution in [3.8, 4) is 0 Å². The van der Waals surface area contributed by atoms with E-state index in [0.29, 0.717) is 11.8 Å². The zero-order chi connectivity index (χ0) is 8.77. The van der Waals surface area contributed by atoms with Crippen molar-refractivity contribution in [2.24, 2.45) is 11.8 Å². The van der Waals surface area contributed by atoms with Crippen molar-refractivity contribution in [3.63, 3.8) is 0 Å². The summed E-state index contributed by atoms with van der Waals surface area (Å²) >= 11 is 5.75. The molecule has 2 unspecified atom stereocenters. The van der Waals surface area contributed by atoms with E-state index in [9.17, 15) is 4.79 Å². The molecular formula is C9H14ClNO. The molecule has 1 N–H and O–H groups in total. The number of hydrogen-bond donors (Lipinski definition) is 1. The zero-order valence-electron chi connectivity index (χ0n) is 7.27. The topological polar surface area (TPSA) is 29.1 Å². The third-order valence-electron chi connectivity index (χ3n) is 2.94. The molecule has 0 aromatic rings. The van der Waals surface area contributed by atoms with Gasteiger partial charge in [-0.05, 0) is 25.2 Å². The summed E-state index contributed by atoms with van der Waals surface area (Å²) in [6.07, 6.45) is 3.18. The molecule has 2 fully saturated rings. The summed E-state index contributed by atoms with van der Waals surface area (Å²) in [4.78, 5) is 11.5. The van der Waals surface area contributed by atoms with Crippen LogP contribution in [-0.2, 0) is 4.79 Å². The van der Waals surface area contributed by atoms with Gasteiger partial charge in [0.25, 0.3) is 0 Å². The molecule has 0 aromatic carbocycles. The van der Waals surface area contributed by atoms with Gasteiger partial charge in [-0.25, -0.2) is 0 Å². The summed E-state index contributed by atoms with van der Waals surface area (Å²) in [5, 5.41) is 3.04. The molecule has 1 amide bonds. The molecule has 2 aliphatic rings. The molecule has 68 valence electrons. The second-order valence-corrected chi connectivity index (χ2v) is 4.49. The average molecular weight is 188 g/mol. The molecule has 0 saturated heterocycles. The molecule has 2 nitrogen and oxygen atoms in total. The van der Waals surface area contributed by atoms with Crippen molar-refractivity contribution in [2.75, 3.05) is 5.88 Å². The minimum absolute atomic E-state index is 0.0129. The van der Waals surface area contributed by atoms with Crippen molar-refractivity contribution in [3.05, 3.63) is 0 Å². The SMILES string of the molecule is CC1CC1C(=O)NC1(CCl)CC1. The zero-order valence-corrected chi connectivity index (χ0v) is 8.03. The monoisotopic (exact) mass is 187 g/mol. The first-order chi connectivity index (χ1) is 5.67. The van der Waals surface area contributed by atoms with E-state index < -0.39 is 0 Å². The molecule has 0 radical (unpaired) electrons. The van der Waals surface area contributed by atoms with Crippen LogP contribution >= 0.6 is 11.6 Å². The summed E-state index contributed by atoms with van der Waals surface area (Å²) < 4.78 is 0. The molecule has 12 heavy (non-hydrogen) atoms. The number of nitrogens with one attached hydrogen (secondary N) is 1. The molecule has 0 heterocycles. The standard InChI is InChI=1S/C9H14ClNO/c1-6-4-7(6)8(12)11-9(5-10)2-3-9/h6-7H,2-5H2,1H3,(H,11,12). The highest BCUT2D eigenvalue weighted by Gasteiger charge is 2.47. The third kappa shape index (κ3) is 1.45. The van der Waals surface area contributed by atoms with Crippen LogP contribution in [0.3, 0.4) is 0 Å². The van der Waals surface area contributed by atoms with Gasteiger partial charge in [0, 0.05) is 11.8 Å². The lowest BCUT2D eigenvalue weighted by atomic mass is 10.2. The van der Waals surface area contributed by atoms with Gasteiger partial charge in [-0.3, -0.25) is 4.79 Å². The van der Waals surface area contributed by atoms with Crippen LogP contribution in [0.5, 0.6) is 0 Å². The molecule has 3 heteroatoms. The highest BCUT2D eigenvalue weighted by Crippen LogP contribution is 2.41. The van der Waals surface area contributed by atoms with E-state index in [-0.39, 0.29) is 17.4 Å². The van der Waals surface area contributed by atoms with Crippen molar-refractivity contribution >= 4 is 17.5 Å². The van der Waals surface area contributed by atoms with Crippen LogP contribution in [0.4, 0.5) is 0 Å². The first-order valence-electron chi connectivity index (χ1n) is 4.55. The number of amides is 1. The van der Waals surface area contributed by atoms with Crippen LogP contribution in [0.1, 0.15) is 26.2 Å². The quantitative estimate of drug-likeness (QED) is 0.668. The van der Waals surface area contributed by atoms with Crippen molar-refractivity contribution in [2.45, 2.75) is 31.7 Å². The number of carbonyl (C=O) groups excluding carboxylic acids is 1. The molecule has 0 aromatic heterocycles. The second-order valence-electron chi connectivity index (χ2n) is 4.22. The Bertz CT molecular complexity index is 213. The van der Waals surface area contributed by atoms with E-state index in [1.165, 1.54) is 0 Å². The van der Waals surface area contributed by atoms with E-state index >= 15 is 0 Å². The van der Waals surface area contributed by atoms with Gasteiger partial charge in [0.2, 0.25) is 5.91 Å². The largest absolute Gasteiger partial charge is 0.349 e. The van der Waals surface area contributed by atoms with E-state index in [4.69, 9.17) is 11.6 Å². The van der Waals surface area contributed by atoms with Gasteiger partial charge in [-0.15, -0.1) is 11.6 Å². The first kappa shape index (κ1) is 8.36. The van der Waals surface area contributed by atoms with Gasteiger partial charge in [0.05, 0.1) is 5.54 Å². The number of alkyl halides is 1. The Morgan fingerprint density at radius 2 is 2.25 bits per heavy atom. The minimum atomic E-state index is -0.0129. The van der Waals surface area contributed by atoms with Gasteiger partial charge in [0.15, 0.2) is 0 Å². The first-order valence-corrected chi connectivity index (χ1v) is 5.08. The fraction of sp³-hybridized carbons (Fsp3) is 0.889. The van der Waals surface area contributed by atoms with Crippen LogP contribution in [0.2, 0.25) is 0 Å². The van der Waals surface area contributed by atoms with E-state index in [1.807, 2.05) is 0 Å². The van der Waals surface area contributed by atoms with Crippen molar-refractivity contribution < 1.29 is 4.79 Å². The average Bonchev–Trinajstić information content (AvgIpc) is 2.89. The number of carbonyl (C=O) groups is 1. The normalized spacial score (nSPS) is 35.8. The lowest BCUT2D eigenvalue weighted by Crippen LogP contribution is -2.39. The maximum atomic E-state index is 11.5. The van der Waals surface area contributed by atoms with Crippen LogP contribution in [0.25, 0.3) is 0 Å². The second kappa shape index (κ2) is 2.63. The van der Waals surface area contributed by atoms with E-state index in [0.717, 1.165) is 19.3 Å². The predicted molar refractivity (Wildman–Crippen MR) is 48.1 cm³/mol. The summed E-state index contributed by atoms with van der Waals surface area (Å²) in [6, 6.07) is 0. The lowest BCUT2D eigenvalue weighted by molar-refractivity contribution is -0.123. The molecule has 0 bridgehead atoms. The Labute approximate surface area is 77.7 Å². The van der Waals surface area contributed by atoms with Gasteiger partial charge in [-0.1, -0.05) is 6.92 Å². The van der Waals surface area contributed by atoms with Gasteiger partial charge in [0.1, 0.15) is 0 Å². The molecule has 0 spiro atoms. The number of hydrogen-bond acceptors (Lipinski definition) is 1. The molecule has 2 atom stereocenters. The summed E-state index contributed by atoms with van der Waals surface area (Å²) in [5.74, 6) is 1.67. The number of halogens is 1. The van der Waals surface area contributed by atoms with Gasteiger partial charge in [-0.2, -0.15) is 0 Å². The maximum Gasteiger partial charge on any atom is 0.223 e. The lowest BCUT2D eigenvalue weighted by Gasteiger charge is -2.13. The van der Waals surface area contributed by atoms with Gasteiger partial charge < -0.3 is 5.32 Å². The van der Waals surface area contributed by atoms with Crippen molar-refractivity contribution in [1.29, 1.82) is 0 Å². The smallest absolute Gasteiger partial charge is 0.223 e. The summed E-state index contributed by atoms with van der Waals surface area (Å²) in [5.41, 5.74) is -0.0129. The number of rotatable bonds is 3. The Morgan fingerprint density at radius 3 is 2.58 bits per heavy atom. The third-order valence-corrected chi connectivity index (χ3v) is 3.46. The molecule has 2 aliphatic carbocycles. The molecule has 0 aliphatic heterocycles. The van der Waals surface area contributed by atoms with Crippen LogP contribution < -0.4 is 5.32 Å². The summed E-state index contributed by atoms with van der Waals surface area (Å²) in [7, 11) is 0. The van der Waals surface area contributed by atoms with Crippen molar-refractivity contribution in [1.82, 2.24) is 5.32 Å².